The molecule has 8 nitrogen and oxygen atoms in total. The molecule has 0 atom stereocenters. The largest absolute Gasteiger partial charge is 0.573 e. The van der Waals surface area contributed by atoms with Crippen LogP contribution in [0.1, 0.15) is 11.4 Å². The monoisotopic (exact) mass is 424 g/mol. The van der Waals surface area contributed by atoms with Crippen molar-refractivity contribution in [2.24, 2.45) is 0 Å². The number of nitrogens with one attached hydrogen (secondary N) is 2. The molecule has 0 radical (unpaired) electrons. The van der Waals surface area contributed by atoms with E-state index in [-0.39, 0.29) is 5.75 Å². The van der Waals surface area contributed by atoms with Gasteiger partial charge in [0.05, 0.1) is 17.1 Å². The van der Waals surface area contributed by atoms with Crippen LogP contribution in [0, 0.1) is 13.8 Å². The van der Waals surface area contributed by atoms with Crippen LogP contribution in [0.5, 0.6) is 5.75 Å². The van der Waals surface area contributed by atoms with Crippen LogP contribution in [-0.2, 0) is 0 Å². The minimum absolute atomic E-state index is 0.312. The molecule has 2 aromatic rings. The standard InChI is InChI=1S/C19H23F3N6O2/c1-12-16(13(2)24-17(23-12)28-10-8-27(3)9-11-28)26-18(29)25-14-4-6-15(7-5-14)30-19(20,21)22/h4-7H,8-11H2,1-3H3,(H2,25,26,29). The van der Waals surface area contributed by atoms with Crippen LogP contribution in [0.25, 0.3) is 0 Å². The van der Waals surface area contributed by atoms with Gasteiger partial charge >= 0.3 is 12.4 Å². The summed E-state index contributed by atoms with van der Waals surface area (Å²) in [6, 6.07) is 4.31. The van der Waals surface area contributed by atoms with Crippen LogP contribution < -0.4 is 20.3 Å². The third kappa shape index (κ3) is 5.72. The lowest BCUT2D eigenvalue weighted by Gasteiger charge is -2.32. The van der Waals surface area contributed by atoms with Gasteiger partial charge in [-0.15, -0.1) is 13.2 Å². The summed E-state index contributed by atoms with van der Waals surface area (Å²) in [5.41, 5.74) is 2.05. The molecule has 0 aliphatic carbocycles. The van der Waals surface area contributed by atoms with Crippen LogP contribution in [0.3, 0.4) is 0 Å². The normalized spacial score (nSPS) is 15.1. The fourth-order valence-corrected chi connectivity index (χ4v) is 3.04. The maximum Gasteiger partial charge on any atom is 0.573 e. The summed E-state index contributed by atoms with van der Waals surface area (Å²) in [7, 11) is 2.07. The van der Waals surface area contributed by atoms with Crippen molar-refractivity contribution in [3.63, 3.8) is 0 Å². The lowest BCUT2D eigenvalue weighted by Crippen LogP contribution is -2.45. The molecule has 11 heteroatoms. The fourth-order valence-electron chi connectivity index (χ4n) is 3.04. The average molecular weight is 424 g/mol. The number of alkyl halides is 3. The number of piperazine rings is 1. The molecule has 1 fully saturated rings. The number of hydrogen-bond acceptors (Lipinski definition) is 6. The van der Waals surface area contributed by atoms with Gasteiger partial charge in [0.2, 0.25) is 5.95 Å². The summed E-state index contributed by atoms with van der Waals surface area (Å²) in [6.07, 6.45) is -4.77. The molecule has 3 rings (SSSR count). The maximum atomic E-state index is 12.3. The van der Waals surface area contributed by atoms with E-state index in [0.29, 0.717) is 28.7 Å². The smallest absolute Gasteiger partial charge is 0.406 e. The van der Waals surface area contributed by atoms with E-state index in [4.69, 9.17) is 0 Å². The number of likely N-dealkylation sites (N-methyl/N-ethyl adjacent to an activating group) is 1. The summed E-state index contributed by atoms with van der Waals surface area (Å²) in [4.78, 5) is 25.7. The number of halogens is 3. The highest BCUT2D eigenvalue weighted by Crippen LogP contribution is 2.25. The van der Waals surface area contributed by atoms with Gasteiger partial charge < -0.3 is 25.2 Å². The van der Waals surface area contributed by atoms with E-state index < -0.39 is 12.4 Å². The zero-order valence-corrected chi connectivity index (χ0v) is 16.9. The van der Waals surface area contributed by atoms with E-state index in [1.165, 1.54) is 12.1 Å². The molecular formula is C19H23F3N6O2. The molecule has 0 unspecified atom stereocenters. The number of urea groups is 1. The van der Waals surface area contributed by atoms with Gasteiger partial charge in [-0.2, -0.15) is 0 Å². The SMILES string of the molecule is Cc1nc(N2CCN(C)CC2)nc(C)c1NC(=O)Nc1ccc(OC(F)(F)F)cc1. The molecule has 1 aromatic carbocycles. The lowest BCUT2D eigenvalue weighted by molar-refractivity contribution is -0.274. The van der Waals surface area contributed by atoms with Crippen molar-refractivity contribution >= 4 is 23.4 Å². The number of aromatic nitrogens is 2. The first-order valence-electron chi connectivity index (χ1n) is 9.33. The number of carbonyl (C=O) groups is 1. The number of nitrogens with zero attached hydrogens (tertiary/aromatic N) is 4. The van der Waals surface area contributed by atoms with E-state index >= 15 is 0 Å². The zero-order valence-electron chi connectivity index (χ0n) is 16.9. The van der Waals surface area contributed by atoms with Crippen molar-refractivity contribution in [1.82, 2.24) is 14.9 Å². The number of rotatable bonds is 4. The summed E-state index contributed by atoms with van der Waals surface area (Å²) >= 11 is 0. The Kier molecular flexibility index (Phi) is 6.30. The van der Waals surface area contributed by atoms with Crippen LogP contribution in [0.4, 0.5) is 35.3 Å². The molecule has 1 aliphatic rings. The van der Waals surface area contributed by atoms with Crippen LogP contribution >= 0.6 is 0 Å². The maximum absolute atomic E-state index is 12.3. The summed E-state index contributed by atoms with van der Waals surface area (Å²) in [5, 5.41) is 5.26. The highest BCUT2D eigenvalue weighted by atomic mass is 19.4. The Balaban J connectivity index is 1.63. The number of aryl methyl sites for hydroxylation is 2. The Bertz CT molecular complexity index is 873. The predicted octanol–water partition coefficient (Wildman–Crippen LogP) is 3.39. The third-order valence-electron chi connectivity index (χ3n) is 4.63. The molecule has 2 heterocycles. The van der Waals surface area contributed by atoms with Crippen molar-refractivity contribution in [2.75, 3.05) is 48.8 Å². The van der Waals surface area contributed by atoms with E-state index in [2.05, 4.69) is 42.2 Å². The van der Waals surface area contributed by atoms with Crippen LogP contribution in [0.15, 0.2) is 24.3 Å². The minimum atomic E-state index is -4.77. The zero-order chi connectivity index (χ0) is 21.9. The van der Waals surface area contributed by atoms with E-state index in [1.54, 1.807) is 13.8 Å². The molecule has 0 saturated carbocycles. The van der Waals surface area contributed by atoms with Crippen LogP contribution in [0.2, 0.25) is 0 Å². The van der Waals surface area contributed by atoms with E-state index in [9.17, 15) is 18.0 Å². The average Bonchev–Trinajstić information content (AvgIpc) is 2.65. The number of benzene rings is 1. The van der Waals surface area contributed by atoms with Gasteiger partial charge in [-0.3, -0.25) is 0 Å². The van der Waals surface area contributed by atoms with Gasteiger partial charge in [0.15, 0.2) is 0 Å². The Hall–Kier alpha value is -3.08. The molecular weight excluding hydrogens is 401 g/mol. The summed E-state index contributed by atoms with van der Waals surface area (Å²) in [5.74, 6) is 0.261. The molecule has 1 aromatic heterocycles. The Morgan fingerprint density at radius 3 is 2.10 bits per heavy atom. The van der Waals surface area contributed by atoms with Gasteiger partial charge in [-0.1, -0.05) is 0 Å². The first-order valence-corrected chi connectivity index (χ1v) is 9.33. The van der Waals surface area contributed by atoms with Crippen molar-refractivity contribution in [3.8, 4) is 5.75 Å². The summed E-state index contributed by atoms with van der Waals surface area (Å²) < 4.78 is 40.5. The van der Waals surface area contributed by atoms with E-state index in [0.717, 1.165) is 38.3 Å². The summed E-state index contributed by atoms with van der Waals surface area (Å²) in [6.45, 7) is 7.08. The molecule has 2 amide bonds. The van der Waals surface area contributed by atoms with Gasteiger partial charge in [0, 0.05) is 31.9 Å². The molecule has 1 saturated heterocycles. The van der Waals surface area contributed by atoms with Crippen molar-refractivity contribution in [2.45, 2.75) is 20.2 Å². The van der Waals surface area contributed by atoms with Crippen molar-refractivity contribution < 1.29 is 22.7 Å². The Labute approximate surface area is 172 Å². The fraction of sp³-hybridized carbons (Fsp3) is 0.421. The van der Waals surface area contributed by atoms with Crippen LogP contribution in [-0.4, -0.2) is 60.5 Å². The van der Waals surface area contributed by atoms with E-state index in [1.807, 2.05) is 0 Å². The Morgan fingerprint density at radius 2 is 1.57 bits per heavy atom. The molecule has 0 spiro atoms. The van der Waals surface area contributed by atoms with Crippen molar-refractivity contribution in [1.29, 1.82) is 0 Å². The number of hydrogen-bond donors (Lipinski definition) is 2. The number of carbonyl (C=O) groups excluding carboxylic acids is 1. The molecule has 0 bridgehead atoms. The van der Waals surface area contributed by atoms with Gasteiger partial charge in [0.25, 0.3) is 0 Å². The number of anilines is 3. The topological polar surface area (TPSA) is 82.6 Å². The highest BCUT2D eigenvalue weighted by Gasteiger charge is 2.31. The second-order valence-electron chi connectivity index (χ2n) is 7.01. The second-order valence-corrected chi connectivity index (χ2v) is 7.01. The number of amides is 2. The van der Waals surface area contributed by atoms with Gasteiger partial charge in [0.1, 0.15) is 5.75 Å². The first kappa shape index (κ1) is 21.6. The molecule has 1 aliphatic heterocycles. The molecule has 2 N–H and O–H groups in total. The first-order chi connectivity index (χ1) is 14.1. The van der Waals surface area contributed by atoms with Crippen molar-refractivity contribution in [3.05, 3.63) is 35.7 Å². The lowest BCUT2D eigenvalue weighted by atomic mass is 10.2. The van der Waals surface area contributed by atoms with Gasteiger partial charge in [-0.05, 0) is 45.2 Å². The van der Waals surface area contributed by atoms with Gasteiger partial charge in [-0.25, -0.2) is 14.8 Å². The third-order valence-corrected chi connectivity index (χ3v) is 4.63. The second kappa shape index (κ2) is 8.74. The highest BCUT2D eigenvalue weighted by molar-refractivity contribution is 6.00. The molecule has 30 heavy (non-hydrogen) atoms. The quantitative estimate of drug-likeness (QED) is 0.783. The number of ether oxygens (including phenoxy) is 1. The minimum Gasteiger partial charge on any atom is -0.406 e. The predicted molar refractivity (Wildman–Crippen MR) is 107 cm³/mol. The molecule has 162 valence electrons. The Morgan fingerprint density at radius 1 is 1.00 bits per heavy atom.